The predicted octanol–water partition coefficient (Wildman–Crippen LogP) is 1.93. The molecule has 0 radical (unpaired) electrons. The number of anilines is 1. The number of hydrogen-bond acceptors (Lipinski definition) is 4. The molecule has 0 bridgehead atoms. The Morgan fingerprint density at radius 1 is 1.06 bits per heavy atom. The molecule has 0 saturated heterocycles. The van der Waals surface area contributed by atoms with E-state index in [-0.39, 0.29) is 15.9 Å². The number of halogens is 1. The van der Waals surface area contributed by atoms with Gasteiger partial charge in [-0.15, -0.1) is 0 Å². The molecule has 2 aromatic rings. The maximum atomic E-state index is 11.9. The van der Waals surface area contributed by atoms with E-state index < -0.39 is 10.0 Å². The molecule has 0 aliphatic rings. The zero-order valence-electron chi connectivity index (χ0n) is 8.54. The van der Waals surface area contributed by atoms with Crippen LogP contribution in [0.15, 0.2) is 47.6 Å². The molecule has 0 aromatic carbocycles. The molecule has 0 aliphatic heterocycles. The Labute approximate surface area is 104 Å². The summed E-state index contributed by atoms with van der Waals surface area (Å²) >= 11 is 5.72. The molecule has 0 aliphatic carbocycles. The van der Waals surface area contributed by atoms with Crippen molar-refractivity contribution in [1.29, 1.82) is 0 Å². The zero-order chi connectivity index (χ0) is 12.3. The van der Waals surface area contributed by atoms with Crippen LogP contribution in [0.3, 0.4) is 0 Å². The molecular formula is C10H8ClN3O2S. The standard InChI is InChI=1S/C10H8ClN3O2S/c11-10-8(4-3-7-13-10)17(15,16)14-9-5-1-2-6-12-9/h1-7H,(H,12,14). The van der Waals surface area contributed by atoms with Crippen LogP contribution in [0.25, 0.3) is 0 Å². The molecule has 0 amide bonds. The molecule has 2 rings (SSSR count). The highest BCUT2D eigenvalue weighted by molar-refractivity contribution is 7.92. The predicted molar refractivity (Wildman–Crippen MR) is 64.3 cm³/mol. The summed E-state index contributed by atoms with van der Waals surface area (Å²) in [7, 11) is -3.75. The monoisotopic (exact) mass is 269 g/mol. The van der Waals surface area contributed by atoms with Crippen LogP contribution < -0.4 is 4.72 Å². The minimum absolute atomic E-state index is 0.0732. The van der Waals surface area contributed by atoms with Gasteiger partial charge in [0.05, 0.1) is 0 Å². The van der Waals surface area contributed by atoms with Gasteiger partial charge in [0, 0.05) is 12.4 Å². The van der Waals surface area contributed by atoms with Gasteiger partial charge in [-0.1, -0.05) is 17.7 Å². The zero-order valence-corrected chi connectivity index (χ0v) is 10.1. The lowest BCUT2D eigenvalue weighted by Crippen LogP contribution is -2.14. The Morgan fingerprint density at radius 2 is 1.82 bits per heavy atom. The second-order valence-electron chi connectivity index (χ2n) is 3.11. The van der Waals surface area contributed by atoms with Crippen LogP contribution in [0.2, 0.25) is 5.15 Å². The Bertz CT molecular complexity index is 616. The second kappa shape index (κ2) is 4.68. The normalized spacial score (nSPS) is 11.1. The van der Waals surface area contributed by atoms with Crippen LogP contribution in [0.1, 0.15) is 0 Å². The first-order valence-corrected chi connectivity index (χ1v) is 6.50. The Morgan fingerprint density at radius 3 is 2.47 bits per heavy atom. The largest absolute Gasteiger partial charge is 0.266 e. The summed E-state index contributed by atoms with van der Waals surface area (Å²) in [6.45, 7) is 0. The summed E-state index contributed by atoms with van der Waals surface area (Å²) in [6, 6.07) is 7.78. The summed E-state index contributed by atoms with van der Waals surface area (Å²) in [4.78, 5) is 7.50. The first-order chi connectivity index (χ1) is 8.09. The molecule has 2 aromatic heterocycles. The van der Waals surface area contributed by atoms with E-state index in [1.807, 2.05) is 0 Å². The lowest BCUT2D eigenvalue weighted by atomic mass is 10.5. The lowest BCUT2D eigenvalue weighted by molar-refractivity contribution is 0.600. The topological polar surface area (TPSA) is 72.0 Å². The number of sulfonamides is 1. The highest BCUT2D eigenvalue weighted by Gasteiger charge is 2.18. The lowest BCUT2D eigenvalue weighted by Gasteiger charge is -2.07. The number of pyridine rings is 2. The number of hydrogen-bond donors (Lipinski definition) is 1. The van der Waals surface area contributed by atoms with Crippen molar-refractivity contribution < 1.29 is 8.42 Å². The average Bonchev–Trinajstić information content (AvgIpc) is 2.30. The van der Waals surface area contributed by atoms with Gasteiger partial charge in [-0.3, -0.25) is 4.72 Å². The molecule has 1 N–H and O–H groups in total. The van der Waals surface area contributed by atoms with E-state index in [9.17, 15) is 8.42 Å². The third kappa shape index (κ3) is 2.72. The Kier molecular flexibility index (Phi) is 3.26. The Balaban J connectivity index is 2.36. The van der Waals surface area contributed by atoms with Gasteiger partial charge in [-0.05, 0) is 24.3 Å². The molecule has 2 heterocycles. The highest BCUT2D eigenvalue weighted by atomic mass is 35.5. The summed E-state index contributed by atoms with van der Waals surface area (Å²) in [5.74, 6) is 0.229. The Hall–Kier alpha value is -1.66. The second-order valence-corrected chi connectivity index (χ2v) is 5.12. The van der Waals surface area contributed by atoms with Gasteiger partial charge < -0.3 is 0 Å². The molecule has 5 nitrogen and oxygen atoms in total. The number of aromatic nitrogens is 2. The number of nitrogens with one attached hydrogen (secondary N) is 1. The van der Waals surface area contributed by atoms with Gasteiger partial charge in [-0.25, -0.2) is 18.4 Å². The van der Waals surface area contributed by atoms with Crippen molar-refractivity contribution in [3.05, 3.63) is 47.9 Å². The van der Waals surface area contributed by atoms with E-state index in [0.29, 0.717) is 0 Å². The fraction of sp³-hybridized carbons (Fsp3) is 0. The molecule has 0 atom stereocenters. The van der Waals surface area contributed by atoms with E-state index in [0.717, 1.165) is 0 Å². The highest BCUT2D eigenvalue weighted by Crippen LogP contribution is 2.20. The van der Waals surface area contributed by atoms with Crippen molar-refractivity contribution in [1.82, 2.24) is 9.97 Å². The van der Waals surface area contributed by atoms with Crippen molar-refractivity contribution in [3.63, 3.8) is 0 Å². The molecule has 0 unspecified atom stereocenters. The van der Waals surface area contributed by atoms with Gasteiger partial charge in [0.1, 0.15) is 15.9 Å². The number of nitrogens with zero attached hydrogens (tertiary/aromatic N) is 2. The minimum atomic E-state index is -3.75. The van der Waals surface area contributed by atoms with E-state index in [1.54, 1.807) is 18.2 Å². The first-order valence-electron chi connectivity index (χ1n) is 4.64. The van der Waals surface area contributed by atoms with E-state index in [4.69, 9.17) is 11.6 Å². The van der Waals surface area contributed by atoms with Gasteiger partial charge in [0.2, 0.25) is 0 Å². The van der Waals surface area contributed by atoms with Gasteiger partial charge in [0.25, 0.3) is 10.0 Å². The van der Waals surface area contributed by atoms with Crippen LogP contribution in [0.4, 0.5) is 5.82 Å². The molecule has 7 heteroatoms. The first kappa shape index (κ1) is 11.8. The minimum Gasteiger partial charge on any atom is -0.263 e. The number of rotatable bonds is 3. The van der Waals surface area contributed by atoms with Crippen molar-refractivity contribution in [2.45, 2.75) is 4.90 Å². The van der Waals surface area contributed by atoms with Crippen molar-refractivity contribution >= 4 is 27.4 Å². The maximum Gasteiger partial charge on any atom is 0.266 e. The molecular weight excluding hydrogens is 262 g/mol. The van der Waals surface area contributed by atoms with E-state index in [1.165, 1.54) is 24.5 Å². The van der Waals surface area contributed by atoms with Crippen molar-refractivity contribution in [2.24, 2.45) is 0 Å². The fourth-order valence-corrected chi connectivity index (χ4v) is 2.65. The van der Waals surface area contributed by atoms with Crippen LogP contribution >= 0.6 is 11.6 Å². The smallest absolute Gasteiger partial charge is 0.263 e. The van der Waals surface area contributed by atoms with Crippen molar-refractivity contribution in [2.75, 3.05) is 4.72 Å². The molecule has 17 heavy (non-hydrogen) atoms. The van der Waals surface area contributed by atoms with Crippen LogP contribution in [-0.4, -0.2) is 18.4 Å². The maximum absolute atomic E-state index is 11.9. The van der Waals surface area contributed by atoms with Gasteiger partial charge >= 0.3 is 0 Å². The molecule has 0 saturated carbocycles. The average molecular weight is 270 g/mol. The SMILES string of the molecule is O=S(=O)(Nc1ccccn1)c1cccnc1Cl. The van der Waals surface area contributed by atoms with Crippen LogP contribution in [0.5, 0.6) is 0 Å². The third-order valence-corrected chi connectivity index (χ3v) is 3.72. The van der Waals surface area contributed by atoms with Crippen LogP contribution in [0, 0.1) is 0 Å². The fourth-order valence-electron chi connectivity index (χ4n) is 1.19. The van der Waals surface area contributed by atoms with E-state index >= 15 is 0 Å². The summed E-state index contributed by atoms with van der Waals surface area (Å²) in [6.07, 6.45) is 2.91. The van der Waals surface area contributed by atoms with Crippen LogP contribution in [-0.2, 0) is 10.0 Å². The van der Waals surface area contributed by atoms with E-state index in [2.05, 4.69) is 14.7 Å². The molecule has 0 spiro atoms. The quantitative estimate of drug-likeness (QED) is 0.864. The molecule has 88 valence electrons. The van der Waals surface area contributed by atoms with Gasteiger partial charge in [-0.2, -0.15) is 0 Å². The molecule has 0 fully saturated rings. The summed E-state index contributed by atoms with van der Waals surface area (Å²) in [5, 5.41) is -0.0732. The third-order valence-electron chi connectivity index (χ3n) is 1.92. The summed E-state index contributed by atoms with van der Waals surface area (Å²) in [5.41, 5.74) is 0. The van der Waals surface area contributed by atoms with Crippen molar-refractivity contribution in [3.8, 4) is 0 Å². The van der Waals surface area contributed by atoms with Gasteiger partial charge in [0.15, 0.2) is 0 Å². The summed E-state index contributed by atoms with van der Waals surface area (Å²) < 4.78 is 26.2.